The number of carbonyl (C=O) groups excluding carboxylic acids is 1. The molecule has 140 valence electrons. The van der Waals surface area contributed by atoms with E-state index in [0.717, 1.165) is 49.7 Å². The van der Waals surface area contributed by atoms with Gasteiger partial charge in [0, 0.05) is 44.0 Å². The molecule has 3 atom stereocenters. The van der Waals surface area contributed by atoms with Crippen molar-refractivity contribution in [1.82, 2.24) is 4.90 Å². The summed E-state index contributed by atoms with van der Waals surface area (Å²) in [7, 11) is 1.24. The third kappa shape index (κ3) is 3.05. The second-order valence-corrected chi connectivity index (χ2v) is 7.72. The number of hydrogen-bond donors (Lipinski definition) is 0. The van der Waals surface area contributed by atoms with Crippen LogP contribution in [0.3, 0.4) is 0 Å². The van der Waals surface area contributed by atoms with Crippen molar-refractivity contribution in [3.63, 3.8) is 0 Å². The molecule has 1 aromatic carbocycles. The number of nitro benzene ring substituents is 1. The number of hydrogen-bond acceptors (Lipinski definition) is 6. The molecule has 0 radical (unpaired) electrons. The van der Waals surface area contributed by atoms with Crippen molar-refractivity contribution in [2.75, 3.05) is 38.2 Å². The molecule has 26 heavy (non-hydrogen) atoms. The number of nitrogens with zero attached hydrogens (tertiary/aromatic N) is 3. The van der Waals surface area contributed by atoms with Crippen LogP contribution in [0.5, 0.6) is 0 Å². The van der Waals surface area contributed by atoms with Crippen LogP contribution in [0.15, 0.2) is 18.2 Å². The number of fused-ring (bicyclic) bond motifs is 2. The normalized spacial score (nSPS) is 28.3. The van der Waals surface area contributed by atoms with Crippen molar-refractivity contribution in [3.05, 3.63) is 33.9 Å². The fraction of sp³-hybridized carbons (Fsp3) is 0.632. The van der Waals surface area contributed by atoms with Gasteiger partial charge < -0.3 is 9.64 Å². The molecule has 3 aliphatic rings. The summed E-state index contributed by atoms with van der Waals surface area (Å²) in [5.41, 5.74) is 0.662. The zero-order valence-electron chi connectivity index (χ0n) is 15.1. The zero-order valence-corrected chi connectivity index (χ0v) is 15.1. The molecule has 3 unspecified atom stereocenters. The number of esters is 1. The van der Waals surface area contributed by atoms with Crippen LogP contribution in [0.4, 0.5) is 11.4 Å². The topological polar surface area (TPSA) is 75.9 Å². The van der Waals surface area contributed by atoms with Gasteiger partial charge in [-0.05, 0) is 43.2 Å². The van der Waals surface area contributed by atoms with E-state index in [4.69, 9.17) is 4.74 Å². The molecule has 2 saturated carbocycles. The molecule has 0 aromatic heterocycles. The quantitative estimate of drug-likeness (QED) is 0.467. The fourth-order valence-corrected chi connectivity index (χ4v) is 5.12. The second kappa shape index (κ2) is 6.87. The highest BCUT2D eigenvalue weighted by atomic mass is 16.6. The van der Waals surface area contributed by atoms with Crippen molar-refractivity contribution in [3.8, 4) is 0 Å². The molecule has 0 N–H and O–H groups in total. The van der Waals surface area contributed by atoms with Crippen molar-refractivity contribution in [2.45, 2.75) is 31.7 Å². The highest BCUT2D eigenvalue weighted by Crippen LogP contribution is 2.46. The van der Waals surface area contributed by atoms with Crippen molar-refractivity contribution in [1.29, 1.82) is 0 Å². The van der Waals surface area contributed by atoms with E-state index >= 15 is 0 Å². The first-order valence-corrected chi connectivity index (χ1v) is 9.42. The van der Waals surface area contributed by atoms with Crippen LogP contribution in [0.25, 0.3) is 0 Å². The average molecular weight is 359 g/mol. The molecule has 1 heterocycles. The summed E-state index contributed by atoms with van der Waals surface area (Å²) in [6.45, 7) is 3.79. The molecule has 4 rings (SSSR count). The molecule has 3 fully saturated rings. The van der Waals surface area contributed by atoms with Gasteiger partial charge in [-0.1, -0.05) is 6.42 Å². The van der Waals surface area contributed by atoms with Crippen LogP contribution in [0, 0.1) is 22.0 Å². The molecule has 2 bridgehead atoms. The third-order valence-electron chi connectivity index (χ3n) is 6.43. The van der Waals surface area contributed by atoms with Crippen LogP contribution in [-0.4, -0.2) is 55.1 Å². The highest BCUT2D eigenvalue weighted by Gasteiger charge is 2.42. The fourth-order valence-electron chi connectivity index (χ4n) is 5.12. The number of ether oxygens (including phenoxy) is 1. The predicted octanol–water partition coefficient (Wildman–Crippen LogP) is 2.69. The number of rotatable bonds is 4. The Kier molecular flexibility index (Phi) is 4.56. The lowest BCUT2D eigenvalue weighted by atomic mass is 9.93. The van der Waals surface area contributed by atoms with Crippen molar-refractivity contribution in [2.24, 2.45) is 11.8 Å². The number of methoxy groups -OCH3 is 1. The van der Waals surface area contributed by atoms with Crippen LogP contribution in [0.2, 0.25) is 0 Å². The van der Waals surface area contributed by atoms with Gasteiger partial charge in [0.2, 0.25) is 0 Å². The van der Waals surface area contributed by atoms with Gasteiger partial charge in [0.25, 0.3) is 5.69 Å². The van der Waals surface area contributed by atoms with Gasteiger partial charge in [0.15, 0.2) is 0 Å². The van der Waals surface area contributed by atoms with E-state index in [-0.39, 0.29) is 11.3 Å². The van der Waals surface area contributed by atoms with E-state index in [2.05, 4.69) is 9.80 Å². The summed E-state index contributed by atoms with van der Waals surface area (Å²) in [6.07, 6.45) is 5.57. The Balaban J connectivity index is 1.45. The summed E-state index contributed by atoms with van der Waals surface area (Å²) in [5.74, 6) is 1.16. The standard InChI is InChI=1S/C19H25N3O4/c1-26-19(23)16-12-15(4-5-17(16)22(24)25)20-6-8-21(9-7-20)18-11-13-2-3-14(18)10-13/h4-5,12-14,18H,2-3,6-11H2,1H3. The minimum absolute atomic E-state index is 0.0190. The molecule has 2 aliphatic carbocycles. The Labute approximate surface area is 153 Å². The van der Waals surface area contributed by atoms with Crippen LogP contribution < -0.4 is 4.90 Å². The Morgan fingerprint density at radius 3 is 2.54 bits per heavy atom. The summed E-state index contributed by atoms with van der Waals surface area (Å²) in [6, 6.07) is 5.48. The lowest BCUT2D eigenvalue weighted by Crippen LogP contribution is -2.51. The maximum atomic E-state index is 11.9. The van der Waals surface area contributed by atoms with Gasteiger partial charge in [-0.2, -0.15) is 0 Å². The SMILES string of the molecule is COC(=O)c1cc(N2CCN(C3CC4CCC3C4)CC2)ccc1[N+](=O)[O-]. The van der Waals surface area contributed by atoms with E-state index in [1.54, 1.807) is 12.1 Å². The van der Waals surface area contributed by atoms with Crippen LogP contribution >= 0.6 is 0 Å². The minimum atomic E-state index is -0.667. The lowest BCUT2D eigenvalue weighted by Gasteiger charge is -2.41. The molecule has 0 spiro atoms. The van der Waals surface area contributed by atoms with Gasteiger partial charge in [-0.3, -0.25) is 15.0 Å². The molecular formula is C19H25N3O4. The van der Waals surface area contributed by atoms with Crippen molar-refractivity contribution >= 4 is 17.3 Å². The molecule has 1 aliphatic heterocycles. The van der Waals surface area contributed by atoms with E-state index in [0.29, 0.717) is 0 Å². The number of carbonyl (C=O) groups is 1. The number of nitro groups is 1. The number of piperazine rings is 1. The van der Waals surface area contributed by atoms with E-state index in [9.17, 15) is 14.9 Å². The summed E-state index contributed by atoms with van der Waals surface area (Å²) < 4.78 is 4.71. The Bertz CT molecular complexity index is 715. The third-order valence-corrected chi connectivity index (χ3v) is 6.43. The van der Waals surface area contributed by atoms with Gasteiger partial charge in [0.05, 0.1) is 12.0 Å². The van der Waals surface area contributed by atoms with E-state index < -0.39 is 10.9 Å². The number of benzene rings is 1. The molecule has 7 heteroatoms. The predicted molar refractivity (Wildman–Crippen MR) is 97.5 cm³/mol. The molecule has 7 nitrogen and oxygen atoms in total. The van der Waals surface area contributed by atoms with Gasteiger partial charge in [-0.15, -0.1) is 0 Å². The maximum absolute atomic E-state index is 11.9. The first kappa shape index (κ1) is 17.3. The van der Waals surface area contributed by atoms with Crippen LogP contribution in [-0.2, 0) is 4.74 Å². The van der Waals surface area contributed by atoms with Crippen molar-refractivity contribution < 1.29 is 14.5 Å². The minimum Gasteiger partial charge on any atom is -0.465 e. The van der Waals surface area contributed by atoms with Gasteiger partial charge in [-0.25, -0.2) is 4.79 Å². The molecule has 0 amide bonds. The second-order valence-electron chi connectivity index (χ2n) is 7.72. The first-order chi connectivity index (χ1) is 12.6. The average Bonchev–Trinajstić information content (AvgIpc) is 3.30. The Hall–Kier alpha value is -2.15. The first-order valence-electron chi connectivity index (χ1n) is 9.42. The van der Waals surface area contributed by atoms with Gasteiger partial charge in [0.1, 0.15) is 5.56 Å². The van der Waals surface area contributed by atoms with E-state index in [1.807, 2.05) is 0 Å². The summed E-state index contributed by atoms with van der Waals surface area (Å²) in [4.78, 5) is 27.4. The largest absolute Gasteiger partial charge is 0.465 e. The molecule has 1 saturated heterocycles. The zero-order chi connectivity index (χ0) is 18.3. The summed E-state index contributed by atoms with van der Waals surface area (Å²) in [5, 5.41) is 11.2. The smallest absolute Gasteiger partial charge is 0.344 e. The summed E-state index contributed by atoms with van der Waals surface area (Å²) >= 11 is 0. The number of anilines is 1. The Morgan fingerprint density at radius 2 is 1.96 bits per heavy atom. The van der Waals surface area contributed by atoms with E-state index in [1.165, 1.54) is 38.9 Å². The Morgan fingerprint density at radius 1 is 1.19 bits per heavy atom. The highest BCUT2D eigenvalue weighted by molar-refractivity contribution is 5.95. The molecular weight excluding hydrogens is 334 g/mol. The monoisotopic (exact) mass is 359 g/mol. The van der Waals surface area contributed by atoms with Gasteiger partial charge >= 0.3 is 5.97 Å². The lowest BCUT2D eigenvalue weighted by molar-refractivity contribution is -0.385. The maximum Gasteiger partial charge on any atom is 0.344 e. The van der Waals surface area contributed by atoms with Crippen LogP contribution in [0.1, 0.15) is 36.0 Å². The molecule has 1 aromatic rings.